The van der Waals surface area contributed by atoms with E-state index >= 15 is 0 Å². The predicted molar refractivity (Wildman–Crippen MR) is 129 cm³/mol. The third-order valence-corrected chi connectivity index (χ3v) is 8.04. The minimum atomic E-state index is -4.10. The Labute approximate surface area is 204 Å². The standard InChI is InChI=1S/C23H28Cl2N2O5S/c1-16(15-32-23(29)26-20-5-3-2-4-6-20)27(22-13-19(25)8-7-17(22)14-28)33(30,31)21-11-9-18(24)10-12-21/h7-13,16,20,28H,2-6,14-15H2,1H3,(H,26,29)/t16-/m1/s1. The van der Waals surface area contributed by atoms with Gasteiger partial charge in [-0.15, -0.1) is 0 Å². The Balaban J connectivity index is 1.87. The lowest BCUT2D eigenvalue weighted by Crippen LogP contribution is -2.44. The molecule has 1 aliphatic carbocycles. The number of aliphatic hydroxyl groups excluding tert-OH is 1. The predicted octanol–water partition coefficient (Wildman–Crippen LogP) is 5.13. The Hall–Kier alpha value is -2.00. The zero-order valence-electron chi connectivity index (χ0n) is 18.3. The van der Waals surface area contributed by atoms with Crippen LogP contribution in [0.2, 0.25) is 10.0 Å². The molecule has 0 aromatic heterocycles. The van der Waals surface area contributed by atoms with E-state index in [1.165, 1.54) is 30.3 Å². The first-order valence-electron chi connectivity index (χ1n) is 10.8. The monoisotopic (exact) mass is 514 g/mol. The molecule has 7 nitrogen and oxygen atoms in total. The van der Waals surface area contributed by atoms with Crippen molar-refractivity contribution < 1.29 is 23.1 Å². The number of hydrogen-bond donors (Lipinski definition) is 2. The Kier molecular flexibility index (Phi) is 8.87. The SMILES string of the molecule is C[C@H](COC(=O)NC1CCCCC1)N(c1cc(Cl)ccc1CO)S(=O)(=O)c1ccc(Cl)cc1. The maximum atomic E-state index is 13.6. The topological polar surface area (TPSA) is 95.9 Å². The van der Waals surface area contributed by atoms with Gasteiger partial charge in [-0.3, -0.25) is 4.31 Å². The van der Waals surface area contributed by atoms with Gasteiger partial charge in [0.2, 0.25) is 0 Å². The normalized spacial score (nSPS) is 15.6. The summed E-state index contributed by atoms with van der Waals surface area (Å²) < 4.78 is 33.8. The van der Waals surface area contributed by atoms with E-state index in [1.807, 2.05) is 0 Å². The number of carbonyl (C=O) groups excluding carboxylic acids is 1. The number of alkyl carbamates (subject to hydrolysis) is 1. The zero-order valence-corrected chi connectivity index (χ0v) is 20.7. The molecular weight excluding hydrogens is 487 g/mol. The first-order chi connectivity index (χ1) is 15.7. The van der Waals surface area contributed by atoms with Crippen molar-refractivity contribution >= 4 is 45.0 Å². The van der Waals surface area contributed by atoms with Crippen LogP contribution in [0.1, 0.15) is 44.6 Å². The number of aliphatic hydroxyl groups is 1. The number of hydrogen-bond acceptors (Lipinski definition) is 5. The van der Waals surface area contributed by atoms with Crippen LogP contribution in [0.4, 0.5) is 10.5 Å². The van der Waals surface area contributed by atoms with Gasteiger partial charge >= 0.3 is 6.09 Å². The number of rotatable bonds is 8. The Morgan fingerprint density at radius 2 is 1.76 bits per heavy atom. The summed E-state index contributed by atoms with van der Waals surface area (Å²) in [6, 6.07) is 9.66. The van der Waals surface area contributed by atoms with E-state index in [4.69, 9.17) is 27.9 Å². The van der Waals surface area contributed by atoms with Crippen LogP contribution in [-0.2, 0) is 21.4 Å². The molecule has 0 radical (unpaired) electrons. The van der Waals surface area contributed by atoms with E-state index in [2.05, 4.69) is 5.32 Å². The van der Waals surface area contributed by atoms with Gasteiger partial charge < -0.3 is 15.2 Å². The van der Waals surface area contributed by atoms with Gasteiger partial charge in [-0.05, 0) is 56.2 Å². The summed E-state index contributed by atoms with van der Waals surface area (Å²) in [6.45, 7) is 1.04. The highest BCUT2D eigenvalue weighted by atomic mass is 35.5. The molecular formula is C23H28Cl2N2O5S. The molecule has 3 rings (SSSR count). The lowest BCUT2D eigenvalue weighted by molar-refractivity contribution is 0.135. The summed E-state index contributed by atoms with van der Waals surface area (Å²) in [5.41, 5.74) is 0.583. The molecule has 0 unspecified atom stereocenters. The number of nitrogens with one attached hydrogen (secondary N) is 1. The van der Waals surface area contributed by atoms with Gasteiger partial charge in [0.1, 0.15) is 6.61 Å². The average Bonchev–Trinajstić information content (AvgIpc) is 2.79. The van der Waals surface area contributed by atoms with E-state index in [0.29, 0.717) is 15.6 Å². The largest absolute Gasteiger partial charge is 0.447 e. The summed E-state index contributed by atoms with van der Waals surface area (Å²) in [5.74, 6) is 0. The molecule has 0 saturated heterocycles. The van der Waals surface area contributed by atoms with Crippen LogP contribution in [0.3, 0.4) is 0 Å². The van der Waals surface area contributed by atoms with Crippen LogP contribution < -0.4 is 9.62 Å². The number of benzene rings is 2. The molecule has 1 fully saturated rings. The fraction of sp³-hybridized carbons (Fsp3) is 0.435. The van der Waals surface area contributed by atoms with Crippen molar-refractivity contribution in [3.05, 3.63) is 58.1 Å². The molecule has 1 aliphatic rings. The maximum absolute atomic E-state index is 13.6. The second-order valence-corrected chi connectivity index (χ2v) is 10.8. The molecule has 33 heavy (non-hydrogen) atoms. The molecule has 2 aromatic rings. The van der Waals surface area contributed by atoms with E-state index in [9.17, 15) is 18.3 Å². The fourth-order valence-corrected chi connectivity index (χ4v) is 5.88. The minimum absolute atomic E-state index is 0.00859. The second-order valence-electron chi connectivity index (χ2n) is 8.11. The van der Waals surface area contributed by atoms with Crippen LogP contribution in [0.15, 0.2) is 47.4 Å². The van der Waals surface area contributed by atoms with Gasteiger partial charge in [-0.2, -0.15) is 0 Å². The first-order valence-corrected chi connectivity index (χ1v) is 13.0. The van der Waals surface area contributed by atoms with Gasteiger partial charge in [0.25, 0.3) is 10.0 Å². The smallest absolute Gasteiger partial charge is 0.407 e. The molecule has 1 saturated carbocycles. The summed E-state index contributed by atoms with van der Waals surface area (Å²) in [5, 5.41) is 13.4. The number of sulfonamides is 1. The first kappa shape index (κ1) is 25.6. The molecule has 0 bridgehead atoms. The van der Waals surface area contributed by atoms with Crippen molar-refractivity contribution in [2.45, 2.75) is 62.6 Å². The van der Waals surface area contributed by atoms with Crippen molar-refractivity contribution in [2.24, 2.45) is 0 Å². The Morgan fingerprint density at radius 3 is 2.39 bits per heavy atom. The molecule has 180 valence electrons. The second kappa shape index (κ2) is 11.4. The number of carbonyl (C=O) groups is 1. The highest BCUT2D eigenvalue weighted by Crippen LogP contribution is 2.32. The molecule has 2 aromatic carbocycles. The highest BCUT2D eigenvalue weighted by Gasteiger charge is 2.32. The molecule has 0 spiro atoms. The zero-order chi connectivity index (χ0) is 24.0. The van der Waals surface area contributed by atoms with Gasteiger partial charge in [0.05, 0.1) is 23.2 Å². The lowest BCUT2D eigenvalue weighted by atomic mass is 9.96. The van der Waals surface area contributed by atoms with Crippen molar-refractivity contribution in [3.63, 3.8) is 0 Å². The summed E-state index contributed by atoms with van der Waals surface area (Å²) in [6.07, 6.45) is 4.52. The Morgan fingerprint density at radius 1 is 1.12 bits per heavy atom. The molecule has 1 amide bonds. The fourth-order valence-electron chi connectivity index (χ4n) is 3.92. The van der Waals surface area contributed by atoms with E-state index < -0.39 is 28.8 Å². The van der Waals surface area contributed by atoms with E-state index in [-0.39, 0.29) is 23.2 Å². The molecule has 0 aliphatic heterocycles. The number of nitrogens with zero attached hydrogens (tertiary/aromatic N) is 1. The van der Waals surface area contributed by atoms with Gasteiger partial charge in [-0.1, -0.05) is 48.5 Å². The number of halogens is 2. The average molecular weight is 515 g/mol. The Bertz CT molecular complexity index is 1060. The van der Waals surface area contributed by atoms with Gasteiger partial charge in [-0.25, -0.2) is 13.2 Å². The third kappa shape index (κ3) is 6.53. The number of ether oxygens (including phenoxy) is 1. The van der Waals surface area contributed by atoms with Crippen LogP contribution in [0.25, 0.3) is 0 Å². The van der Waals surface area contributed by atoms with E-state index in [0.717, 1.165) is 36.4 Å². The third-order valence-electron chi connectivity index (χ3n) is 5.61. The molecule has 0 heterocycles. The summed E-state index contributed by atoms with van der Waals surface area (Å²) in [4.78, 5) is 12.3. The van der Waals surface area contributed by atoms with Crippen LogP contribution >= 0.6 is 23.2 Å². The van der Waals surface area contributed by atoms with E-state index in [1.54, 1.807) is 19.1 Å². The van der Waals surface area contributed by atoms with Crippen molar-refractivity contribution in [1.82, 2.24) is 5.32 Å². The quantitative estimate of drug-likeness (QED) is 0.508. The van der Waals surface area contributed by atoms with Crippen LogP contribution in [0, 0.1) is 0 Å². The molecule has 2 N–H and O–H groups in total. The summed E-state index contributed by atoms with van der Waals surface area (Å²) in [7, 11) is -4.10. The molecule has 1 atom stereocenters. The lowest BCUT2D eigenvalue weighted by Gasteiger charge is -2.32. The van der Waals surface area contributed by atoms with Crippen molar-refractivity contribution in [1.29, 1.82) is 0 Å². The highest BCUT2D eigenvalue weighted by molar-refractivity contribution is 7.92. The van der Waals surface area contributed by atoms with Crippen molar-refractivity contribution in [3.8, 4) is 0 Å². The summed E-state index contributed by atoms with van der Waals surface area (Å²) >= 11 is 12.1. The van der Waals surface area contributed by atoms with Crippen LogP contribution in [-0.4, -0.2) is 38.3 Å². The van der Waals surface area contributed by atoms with Gasteiger partial charge in [0.15, 0.2) is 0 Å². The number of anilines is 1. The minimum Gasteiger partial charge on any atom is -0.447 e. The van der Waals surface area contributed by atoms with Gasteiger partial charge in [0, 0.05) is 21.7 Å². The van der Waals surface area contributed by atoms with Crippen molar-refractivity contribution in [2.75, 3.05) is 10.9 Å². The maximum Gasteiger partial charge on any atom is 0.407 e. The number of amides is 1. The van der Waals surface area contributed by atoms with Crippen LogP contribution in [0.5, 0.6) is 0 Å². The molecule has 10 heteroatoms.